The summed E-state index contributed by atoms with van der Waals surface area (Å²) in [7, 11) is 0. The van der Waals surface area contributed by atoms with Crippen LogP contribution < -0.4 is 10.2 Å². The third kappa shape index (κ3) is 2.71. The molecule has 1 aliphatic heterocycles. The van der Waals surface area contributed by atoms with Crippen molar-refractivity contribution in [3.8, 4) is 0 Å². The topological polar surface area (TPSA) is 49.4 Å². The van der Waals surface area contributed by atoms with Crippen LogP contribution in [-0.2, 0) is 9.59 Å². The molecule has 1 spiro atoms. The van der Waals surface area contributed by atoms with E-state index in [1.807, 2.05) is 24.3 Å². The van der Waals surface area contributed by atoms with Crippen LogP contribution >= 0.6 is 15.9 Å². The zero-order valence-electron chi connectivity index (χ0n) is 11.9. The average molecular weight is 351 g/mol. The Morgan fingerprint density at radius 3 is 2.52 bits per heavy atom. The van der Waals surface area contributed by atoms with Gasteiger partial charge in [0.15, 0.2) is 0 Å². The molecule has 1 aromatic rings. The molecule has 1 N–H and O–H groups in total. The van der Waals surface area contributed by atoms with Crippen LogP contribution in [0.15, 0.2) is 28.7 Å². The number of rotatable bonds is 1. The van der Waals surface area contributed by atoms with Gasteiger partial charge in [0.25, 0.3) is 5.91 Å². The number of carbonyl (C=O) groups excluding carboxylic acids is 2. The zero-order valence-corrected chi connectivity index (χ0v) is 13.5. The minimum atomic E-state index is -0.693. The van der Waals surface area contributed by atoms with Gasteiger partial charge in [0.1, 0.15) is 5.54 Å². The number of anilines is 1. The van der Waals surface area contributed by atoms with Crippen molar-refractivity contribution in [2.45, 2.75) is 44.1 Å². The van der Waals surface area contributed by atoms with E-state index < -0.39 is 5.54 Å². The number of hydrogen-bond donors (Lipinski definition) is 1. The van der Waals surface area contributed by atoms with E-state index in [4.69, 9.17) is 0 Å². The first-order chi connectivity index (χ1) is 10.1. The molecule has 1 saturated carbocycles. The molecule has 0 aromatic heterocycles. The Balaban J connectivity index is 1.99. The molecule has 4 nitrogen and oxygen atoms in total. The van der Waals surface area contributed by atoms with Crippen molar-refractivity contribution in [2.24, 2.45) is 0 Å². The van der Waals surface area contributed by atoms with Crippen LogP contribution in [0.1, 0.15) is 38.5 Å². The van der Waals surface area contributed by atoms with E-state index in [2.05, 4.69) is 21.2 Å². The maximum atomic E-state index is 13.1. The van der Waals surface area contributed by atoms with Gasteiger partial charge in [0.05, 0.1) is 5.69 Å². The fourth-order valence-electron chi connectivity index (χ4n) is 3.35. The first kappa shape index (κ1) is 14.6. The summed E-state index contributed by atoms with van der Waals surface area (Å²) in [5.74, 6) is 0.0275. The number of nitrogens with zero attached hydrogens (tertiary/aromatic N) is 1. The molecule has 1 heterocycles. The van der Waals surface area contributed by atoms with Crippen molar-refractivity contribution >= 4 is 33.4 Å². The highest BCUT2D eigenvalue weighted by molar-refractivity contribution is 9.10. The van der Waals surface area contributed by atoms with Crippen molar-refractivity contribution in [1.82, 2.24) is 5.32 Å². The van der Waals surface area contributed by atoms with Gasteiger partial charge in [-0.1, -0.05) is 31.4 Å². The van der Waals surface area contributed by atoms with Gasteiger partial charge in [-0.3, -0.25) is 9.59 Å². The summed E-state index contributed by atoms with van der Waals surface area (Å²) in [6.45, 7) is 0.440. The van der Waals surface area contributed by atoms with Crippen molar-refractivity contribution in [1.29, 1.82) is 0 Å². The predicted octanol–water partition coefficient (Wildman–Crippen LogP) is 3.00. The first-order valence-electron chi connectivity index (χ1n) is 7.50. The van der Waals surface area contributed by atoms with Crippen molar-refractivity contribution in [2.75, 3.05) is 11.4 Å². The van der Waals surface area contributed by atoms with Crippen molar-refractivity contribution in [3.63, 3.8) is 0 Å². The predicted molar refractivity (Wildman–Crippen MR) is 85.1 cm³/mol. The Hall–Kier alpha value is -1.36. The average Bonchev–Trinajstić information content (AvgIpc) is 2.60. The molecular weight excluding hydrogens is 332 g/mol. The highest BCUT2D eigenvalue weighted by Gasteiger charge is 2.45. The molecule has 0 radical (unpaired) electrons. The van der Waals surface area contributed by atoms with Crippen LogP contribution in [0.5, 0.6) is 0 Å². The number of amides is 2. The summed E-state index contributed by atoms with van der Waals surface area (Å²) in [4.78, 5) is 26.9. The summed E-state index contributed by atoms with van der Waals surface area (Å²) >= 11 is 3.51. The fraction of sp³-hybridized carbons (Fsp3) is 0.500. The molecule has 0 bridgehead atoms. The summed E-state index contributed by atoms with van der Waals surface area (Å²) < 4.78 is 0.888. The quantitative estimate of drug-likeness (QED) is 0.846. The summed E-state index contributed by atoms with van der Waals surface area (Å²) in [6.07, 6.45) is 4.98. The van der Waals surface area contributed by atoms with Crippen LogP contribution in [0.25, 0.3) is 0 Å². The number of benzene rings is 1. The summed E-state index contributed by atoms with van der Waals surface area (Å²) in [5.41, 5.74) is 0.158. The van der Waals surface area contributed by atoms with Crippen LogP contribution in [0.2, 0.25) is 0 Å². The van der Waals surface area contributed by atoms with Crippen LogP contribution in [0.4, 0.5) is 5.69 Å². The summed E-state index contributed by atoms with van der Waals surface area (Å²) in [6, 6.07) is 7.70. The highest BCUT2D eigenvalue weighted by Crippen LogP contribution is 2.35. The maximum Gasteiger partial charge on any atom is 0.252 e. The van der Waals surface area contributed by atoms with Gasteiger partial charge in [-0.05, 0) is 40.9 Å². The Morgan fingerprint density at radius 1 is 1.10 bits per heavy atom. The molecule has 0 unspecified atom stereocenters. The van der Waals surface area contributed by atoms with Gasteiger partial charge < -0.3 is 10.2 Å². The molecule has 5 heteroatoms. The molecule has 3 rings (SSSR count). The molecule has 1 saturated heterocycles. The van der Waals surface area contributed by atoms with E-state index in [9.17, 15) is 9.59 Å². The maximum absolute atomic E-state index is 13.1. The lowest BCUT2D eigenvalue weighted by Crippen LogP contribution is -2.58. The van der Waals surface area contributed by atoms with Crippen LogP contribution in [-0.4, -0.2) is 23.9 Å². The number of halogens is 1. The lowest BCUT2D eigenvalue weighted by molar-refractivity contribution is -0.131. The number of carbonyl (C=O) groups is 2. The van der Waals surface area contributed by atoms with Crippen molar-refractivity contribution < 1.29 is 9.59 Å². The number of nitrogens with one attached hydrogen (secondary N) is 1. The lowest BCUT2D eigenvalue weighted by Gasteiger charge is -2.38. The van der Waals surface area contributed by atoms with E-state index in [1.54, 1.807) is 4.90 Å². The van der Waals surface area contributed by atoms with E-state index in [0.29, 0.717) is 13.0 Å². The van der Waals surface area contributed by atoms with Crippen molar-refractivity contribution in [3.05, 3.63) is 28.7 Å². The van der Waals surface area contributed by atoms with E-state index in [0.717, 1.165) is 42.3 Å². The number of para-hydroxylation sites is 1. The molecular formula is C16H19BrN2O2. The highest BCUT2D eigenvalue weighted by atomic mass is 79.9. The smallest absolute Gasteiger partial charge is 0.252 e. The van der Waals surface area contributed by atoms with Gasteiger partial charge in [-0.2, -0.15) is 0 Å². The minimum absolute atomic E-state index is 0.0141. The Bertz CT molecular complexity index is 567. The monoisotopic (exact) mass is 350 g/mol. The Labute approximate surface area is 133 Å². The molecule has 112 valence electrons. The van der Waals surface area contributed by atoms with E-state index in [-0.39, 0.29) is 11.8 Å². The standard InChI is InChI=1S/C16H19BrN2O2/c17-12-6-2-3-7-13(12)19-11-8-14(20)18-16(15(19)21)9-4-1-5-10-16/h2-3,6-7H,1,4-5,8-11H2,(H,18,20). The van der Waals surface area contributed by atoms with E-state index >= 15 is 0 Å². The van der Waals surface area contributed by atoms with Gasteiger partial charge in [-0.25, -0.2) is 0 Å². The minimum Gasteiger partial charge on any atom is -0.342 e. The second-order valence-electron chi connectivity index (χ2n) is 5.85. The first-order valence-corrected chi connectivity index (χ1v) is 8.29. The van der Waals surface area contributed by atoms with Gasteiger partial charge in [-0.15, -0.1) is 0 Å². The third-order valence-corrected chi connectivity index (χ3v) is 5.12. The summed E-state index contributed by atoms with van der Waals surface area (Å²) in [5, 5.41) is 3.02. The lowest BCUT2D eigenvalue weighted by atomic mass is 9.80. The Kier molecular flexibility index (Phi) is 4.02. The van der Waals surface area contributed by atoms with Gasteiger partial charge >= 0.3 is 0 Å². The van der Waals surface area contributed by atoms with Crippen LogP contribution in [0.3, 0.4) is 0 Å². The van der Waals surface area contributed by atoms with Gasteiger partial charge in [0, 0.05) is 17.4 Å². The molecule has 1 aliphatic carbocycles. The second-order valence-corrected chi connectivity index (χ2v) is 6.70. The van der Waals surface area contributed by atoms with E-state index in [1.165, 1.54) is 0 Å². The SMILES string of the molecule is O=C1CCN(c2ccccc2Br)C(=O)C2(CCCCC2)N1. The molecule has 0 atom stereocenters. The largest absolute Gasteiger partial charge is 0.342 e. The zero-order chi connectivity index (χ0) is 14.9. The molecule has 2 amide bonds. The third-order valence-electron chi connectivity index (χ3n) is 4.45. The van der Waals surface area contributed by atoms with Crippen LogP contribution in [0, 0.1) is 0 Å². The number of hydrogen-bond acceptors (Lipinski definition) is 2. The second kappa shape index (κ2) is 5.79. The molecule has 21 heavy (non-hydrogen) atoms. The normalized spacial score (nSPS) is 22.0. The van der Waals surface area contributed by atoms with Gasteiger partial charge in [0.2, 0.25) is 5.91 Å². The fourth-order valence-corrected chi connectivity index (χ4v) is 3.85. The Morgan fingerprint density at radius 2 is 1.81 bits per heavy atom. The molecule has 2 aliphatic rings. The molecule has 2 fully saturated rings. The molecule has 1 aromatic carbocycles.